The van der Waals surface area contributed by atoms with Gasteiger partial charge >= 0.3 is 23.9 Å². The number of hydrogen-bond donors (Lipinski definition) is 2. The number of nitrogens with zero attached hydrogens (tertiary/aromatic N) is 4. The Labute approximate surface area is 392 Å². The van der Waals surface area contributed by atoms with E-state index in [1.807, 2.05) is 114 Å². The lowest BCUT2D eigenvalue weighted by Gasteiger charge is -2.37. The van der Waals surface area contributed by atoms with Gasteiger partial charge in [-0.1, -0.05) is 80.2 Å². The van der Waals surface area contributed by atoms with E-state index in [1.54, 1.807) is 12.4 Å². The molecule has 15 heteroatoms. The number of rotatable bonds is 12. The Kier molecular flexibility index (Phi) is 28.9. The number of hydrogen-bond acceptors (Lipinski definition) is 14. The van der Waals surface area contributed by atoms with Crippen LogP contribution >= 0.6 is 0 Å². The quantitative estimate of drug-likeness (QED) is 0.0759. The lowest BCUT2D eigenvalue weighted by molar-refractivity contribution is -0.178. The van der Waals surface area contributed by atoms with Crippen LogP contribution in [0.3, 0.4) is 0 Å². The van der Waals surface area contributed by atoms with Gasteiger partial charge in [0.2, 0.25) is 0 Å². The summed E-state index contributed by atoms with van der Waals surface area (Å²) < 4.78 is 25.4. The fourth-order valence-electron chi connectivity index (χ4n) is 5.52. The summed E-state index contributed by atoms with van der Waals surface area (Å²) in [5.74, 6) is -3.02. The van der Waals surface area contributed by atoms with Crippen molar-refractivity contribution in [3.8, 4) is 0 Å². The molecule has 2 N–H and O–H groups in total. The first kappa shape index (κ1) is 60.0. The summed E-state index contributed by atoms with van der Waals surface area (Å²) in [6, 6.07) is 23.2. The maximum absolute atomic E-state index is 12.1. The SMILES string of the molecule is C.C=C(C)C(=O)OCC(=O)O.C=C(C)C(=O)OCC(=O)OC1(c2ccc(C)cc2)CCOCC1.CC(C)N=C=NC(C)C.CN(C)c1ccncc1.Cc1ccc(C2(O)CCOCC2)cc1. The van der Waals surface area contributed by atoms with Crippen LogP contribution in [0.15, 0.2) is 107 Å². The molecule has 2 aliphatic rings. The molecule has 0 saturated carbocycles. The Balaban J connectivity index is 0.000000849. The second-order valence-corrected chi connectivity index (χ2v) is 16.2. The minimum absolute atomic E-state index is 0. The third-order valence-electron chi connectivity index (χ3n) is 9.25. The topological polar surface area (TPSA) is 196 Å². The zero-order valence-electron chi connectivity index (χ0n) is 39.9. The van der Waals surface area contributed by atoms with Crippen LogP contribution < -0.4 is 4.90 Å². The Hall–Kier alpha value is -5.99. The van der Waals surface area contributed by atoms with Crippen LogP contribution in [0.4, 0.5) is 5.69 Å². The predicted molar refractivity (Wildman–Crippen MR) is 259 cm³/mol. The molecule has 0 unspecified atom stereocenters. The number of aliphatic carboxylic acids is 1. The zero-order chi connectivity index (χ0) is 49.0. The van der Waals surface area contributed by atoms with Gasteiger partial charge in [0.15, 0.2) is 13.2 Å². The fourth-order valence-corrected chi connectivity index (χ4v) is 5.52. The zero-order valence-corrected chi connectivity index (χ0v) is 39.9. The minimum Gasteiger partial charge on any atom is -0.479 e. The van der Waals surface area contributed by atoms with Crippen molar-refractivity contribution in [3.63, 3.8) is 0 Å². The van der Waals surface area contributed by atoms with Gasteiger partial charge in [0.05, 0.1) is 36.9 Å². The number of aryl methyl sites for hydroxylation is 2. The summed E-state index contributed by atoms with van der Waals surface area (Å²) >= 11 is 0. The van der Waals surface area contributed by atoms with Gasteiger partial charge in [-0.15, -0.1) is 0 Å². The first-order valence-electron chi connectivity index (χ1n) is 21.4. The smallest absolute Gasteiger partial charge is 0.345 e. The predicted octanol–water partition coefficient (Wildman–Crippen LogP) is 8.61. The molecule has 5 rings (SSSR count). The Morgan fingerprint density at radius 1 is 0.727 bits per heavy atom. The van der Waals surface area contributed by atoms with Crippen molar-refractivity contribution in [2.75, 3.05) is 58.6 Å². The monoisotopic (exact) mass is 919 g/mol. The van der Waals surface area contributed by atoms with Crippen LogP contribution in [-0.4, -0.2) is 111 Å². The molecular formula is C51H74N4O11. The van der Waals surface area contributed by atoms with E-state index in [4.69, 9.17) is 24.1 Å². The van der Waals surface area contributed by atoms with E-state index in [0.29, 0.717) is 64.2 Å². The highest BCUT2D eigenvalue weighted by atomic mass is 16.6. The van der Waals surface area contributed by atoms with Crippen molar-refractivity contribution in [3.05, 3.63) is 120 Å². The van der Waals surface area contributed by atoms with E-state index in [2.05, 4.69) is 45.8 Å². The number of carboxylic acid groups (broad SMARTS) is 1. The number of aliphatic hydroxyl groups is 1. The Bertz CT molecular complexity index is 1970. The van der Waals surface area contributed by atoms with E-state index in [0.717, 1.165) is 16.7 Å². The fraction of sp³-hybridized carbons (Fsp3) is 0.490. The second kappa shape index (κ2) is 31.8. The van der Waals surface area contributed by atoms with Gasteiger partial charge in [-0.25, -0.2) is 29.2 Å². The summed E-state index contributed by atoms with van der Waals surface area (Å²) in [5, 5.41) is 18.4. The maximum atomic E-state index is 12.1. The lowest BCUT2D eigenvalue weighted by atomic mass is 9.85. The molecule has 15 nitrogen and oxygen atoms in total. The number of aliphatic imine (C=N–C) groups is 2. The highest BCUT2D eigenvalue weighted by Crippen LogP contribution is 2.36. The van der Waals surface area contributed by atoms with E-state index in [-0.39, 0.29) is 18.6 Å². The number of pyridine rings is 1. The highest BCUT2D eigenvalue weighted by molar-refractivity contribution is 5.89. The molecule has 3 aromatic rings. The van der Waals surface area contributed by atoms with Crippen molar-refractivity contribution in [1.29, 1.82) is 0 Å². The molecule has 66 heavy (non-hydrogen) atoms. The lowest BCUT2D eigenvalue weighted by Crippen LogP contribution is -2.39. The molecule has 0 radical (unpaired) electrons. The second-order valence-electron chi connectivity index (χ2n) is 16.2. The first-order valence-corrected chi connectivity index (χ1v) is 21.4. The third-order valence-corrected chi connectivity index (χ3v) is 9.25. The molecule has 3 heterocycles. The largest absolute Gasteiger partial charge is 0.479 e. The Morgan fingerprint density at radius 3 is 1.52 bits per heavy atom. The molecule has 364 valence electrons. The Morgan fingerprint density at radius 2 is 1.14 bits per heavy atom. The van der Waals surface area contributed by atoms with Gasteiger partial charge in [-0.05, 0) is 78.6 Å². The number of benzene rings is 2. The van der Waals surface area contributed by atoms with Gasteiger partial charge < -0.3 is 38.8 Å². The van der Waals surface area contributed by atoms with Gasteiger partial charge in [0, 0.05) is 82.2 Å². The molecule has 1 aromatic heterocycles. The molecule has 0 spiro atoms. The van der Waals surface area contributed by atoms with E-state index >= 15 is 0 Å². The average molecular weight is 919 g/mol. The first-order chi connectivity index (χ1) is 30.6. The van der Waals surface area contributed by atoms with Gasteiger partial charge in [-0.2, -0.15) is 0 Å². The molecule has 0 aliphatic carbocycles. The minimum atomic E-state index is -1.17. The van der Waals surface area contributed by atoms with Crippen LogP contribution in [0.5, 0.6) is 0 Å². The number of carboxylic acids is 1. The molecule has 2 aliphatic heterocycles. The van der Waals surface area contributed by atoms with Crippen LogP contribution in [0.1, 0.15) is 96.9 Å². The van der Waals surface area contributed by atoms with Crippen LogP contribution in [0, 0.1) is 13.8 Å². The van der Waals surface area contributed by atoms with Gasteiger partial charge in [0.1, 0.15) is 5.60 Å². The van der Waals surface area contributed by atoms with E-state index < -0.39 is 48.3 Å². The van der Waals surface area contributed by atoms with Crippen LogP contribution in [0.2, 0.25) is 0 Å². The number of ether oxygens (including phenoxy) is 5. The number of anilines is 1. The van der Waals surface area contributed by atoms with Crippen molar-refractivity contribution < 1.29 is 53.1 Å². The standard InChI is InChI=1S/C18H22O5.C12H16O2.C7H10N2.C7H14N2.C6H8O4.CH4/c1-13(2)17(20)22-12-16(19)23-18(8-10-21-11-9-18)15-6-4-14(3)5-7-15;1-10-2-4-11(5-3-10)12(13)6-8-14-9-7-12;1-9(2)7-3-5-8-6-4-7;1-6(2)8-5-9-7(3)4;1-4(2)6(9)10-3-5(7)8;/h4-7H,1,8-12H2,2-3H3;2-5,13H,6-9H2,1H3;3-6H,1-2H3;6-7H,1-4H3;1,3H2,2H3,(H,7,8);1H4. The van der Waals surface area contributed by atoms with Gasteiger partial charge in [0.25, 0.3) is 0 Å². The summed E-state index contributed by atoms with van der Waals surface area (Å²) in [6.07, 6.45) is 6.14. The molecule has 0 atom stereocenters. The number of esters is 3. The van der Waals surface area contributed by atoms with E-state index in [1.165, 1.54) is 25.1 Å². The molecule has 2 fully saturated rings. The van der Waals surface area contributed by atoms with E-state index in [9.17, 15) is 24.3 Å². The van der Waals surface area contributed by atoms with Crippen LogP contribution in [-0.2, 0) is 54.1 Å². The normalized spacial score (nSPS) is 14.0. The van der Waals surface area contributed by atoms with Crippen LogP contribution in [0.25, 0.3) is 0 Å². The number of aromatic nitrogens is 1. The summed E-state index contributed by atoms with van der Waals surface area (Å²) in [5.41, 5.74) is 4.56. The molecule has 2 saturated heterocycles. The average Bonchev–Trinajstić information content (AvgIpc) is 3.26. The van der Waals surface area contributed by atoms with Crippen molar-refractivity contribution in [2.24, 2.45) is 9.98 Å². The maximum Gasteiger partial charge on any atom is 0.345 e. The van der Waals surface area contributed by atoms with Crippen molar-refractivity contribution in [2.45, 2.75) is 112 Å². The molecular weight excluding hydrogens is 845 g/mol. The summed E-state index contributed by atoms with van der Waals surface area (Å²) in [6.45, 7) is 23.1. The number of carbonyl (C=O) groups excluding carboxylic acids is 3. The van der Waals surface area contributed by atoms with Gasteiger partial charge in [-0.3, -0.25) is 4.98 Å². The third kappa shape index (κ3) is 24.9. The highest BCUT2D eigenvalue weighted by Gasteiger charge is 2.38. The van der Waals surface area contributed by atoms with Crippen molar-refractivity contribution in [1.82, 2.24) is 4.98 Å². The summed E-state index contributed by atoms with van der Waals surface area (Å²) in [4.78, 5) is 57.6. The molecule has 0 amide bonds. The molecule has 2 aromatic carbocycles. The van der Waals surface area contributed by atoms with Crippen molar-refractivity contribution >= 4 is 35.6 Å². The number of carbonyl (C=O) groups is 4. The summed E-state index contributed by atoms with van der Waals surface area (Å²) in [7, 11) is 4.02. The molecule has 0 bridgehead atoms.